The number of anilines is 1. The third kappa shape index (κ3) is 2.64. The number of nitrogens with zero attached hydrogens (tertiary/aromatic N) is 4. The van der Waals surface area contributed by atoms with Crippen LogP contribution in [0.15, 0.2) is 12.1 Å². The van der Waals surface area contributed by atoms with Crippen molar-refractivity contribution < 1.29 is 0 Å². The lowest BCUT2D eigenvalue weighted by Crippen LogP contribution is -2.12. The molecule has 2 saturated carbocycles. The van der Waals surface area contributed by atoms with Crippen LogP contribution < -0.4 is 5.32 Å². The zero-order chi connectivity index (χ0) is 15.3. The molecule has 2 fully saturated rings. The number of aryl methyl sites for hydroxylation is 1. The van der Waals surface area contributed by atoms with Crippen LogP contribution in [0.1, 0.15) is 74.5 Å². The maximum Gasteiger partial charge on any atom is 0.124 e. The summed E-state index contributed by atoms with van der Waals surface area (Å²) >= 11 is 0. The number of hydrogen-bond donors (Lipinski definition) is 1. The highest BCUT2D eigenvalue weighted by Gasteiger charge is 2.28. The molecule has 0 unspecified atom stereocenters. The smallest absolute Gasteiger partial charge is 0.124 e. The Hall–Kier alpha value is -1.78. The van der Waals surface area contributed by atoms with Crippen molar-refractivity contribution in [3.63, 3.8) is 0 Å². The van der Waals surface area contributed by atoms with Gasteiger partial charge >= 0.3 is 0 Å². The minimum Gasteiger partial charge on any atom is -0.365 e. The fraction of sp³-hybridized carbons (Fsp3) is 0.647. The van der Waals surface area contributed by atoms with Crippen LogP contribution in [0.4, 0.5) is 5.82 Å². The van der Waals surface area contributed by atoms with Crippen molar-refractivity contribution >= 4 is 5.82 Å². The first-order chi connectivity index (χ1) is 10.6. The lowest BCUT2D eigenvalue weighted by Gasteiger charge is -2.12. The summed E-state index contributed by atoms with van der Waals surface area (Å²) in [5.41, 5.74) is 3.78. The van der Waals surface area contributed by atoms with Crippen molar-refractivity contribution in [2.75, 3.05) is 5.32 Å². The summed E-state index contributed by atoms with van der Waals surface area (Å²) in [6, 6.07) is 4.89. The van der Waals surface area contributed by atoms with Crippen LogP contribution in [-0.4, -0.2) is 19.6 Å². The fourth-order valence-corrected chi connectivity index (χ4v) is 3.03. The van der Waals surface area contributed by atoms with Gasteiger partial charge in [-0.05, 0) is 45.6 Å². The van der Waals surface area contributed by atoms with E-state index in [0.29, 0.717) is 17.9 Å². The highest BCUT2D eigenvalue weighted by atomic mass is 15.3. The largest absolute Gasteiger partial charge is 0.365 e. The molecule has 2 aliphatic rings. The quantitative estimate of drug-likeness (QED) is 0.887. The maximum atomic E-state index is 4.80. The molecule has 2 aliphatic carbocycles. The van der Waals surface area contributed by atoms with Gasteiger partial charge in [-0.15, -0.1) is 0 Å². The van der Waals surface area contributed by atoms with Crippen molar-refractivity contribution in [2.24, 2.45) is 7.05 Å². The molecule has 0 atom stereocenters. The molecular weight excluding hydrogens is 274 g/mol. The molecule has 118 valence electrons. The molecule has 0 amide bonds. The van der Waals surface area contributed by atoms with E-state index in [9.17, 15) is 0 Å². The molecule has 5 heteroatoms. The van der Waals surface area contributed by atoms with Crippen molar-refractivity contribution in [3.8, 4) is 0 Å². The molecular formula is C17H25N5. The molecule has 2 aromatic heterocycles. The first-order valence-electron chi connectivity index (χ1n) is 8.48. The topological polar surface area (TPSA) is 47.7 Å². The SMILES string of the molecule is CC(C)n1nc(C2CC2)cc1CNc1cc(C2CC2)nn1C. The summed E-state index contributed by atoms with van der Waals surface area (Å²) in [6.45, 7) is 5.20. The lowest BCUT2D eigenvalue weighted by molar-refractivity contribution is 0.507. The van der Waals surface area contributed by atoms with E-state index in [0.717, 1.165) is 12.4 Å². The monoisotopic (exact) mass is 299 g/mol. The normalized spacial score (nSPS) is 18.2. The molecule has 1 N–H and O–H groups in total. The Morgan fingerprint density at radius 1 is 1.09 bits per heavy atom. The standard InChI is InChI=1S/C17H25N5/c1-11(2)22-14(8-15(20-22)12-4-5-12)10-18-17-9-16(13-6-7-13)19-21(17)3/h8-9,11-13,18H,4-7,10H2,1-3H3. The molecule has 0 aliphatic heterocycles. The Balaban J connectivity index is 1.50. The van der Waals surface area contributed by atoms with Gasteiger partial charge in [-0.2, -0.15) is 10.2 Å². The average molecular weight is 299 g/mol. The van der Waals surface area contributed by atoms with Gasteiger partial charge in [0.25, 0.3) is 0 Å². The van der Waals surface area contributed by atoms with E-state index in [1.165, 1.54) is 42.8 Å². The predicted octanol–water partition coefficient (Wildman–Crippen LogP) is 3.56. The van der Waals surface area contributed by atoms with Crippen molar-refractivity contribution in [2.45, 2.75) is 64.0 Å². The van der Waals surface area contributed by atoms with Crippen LogP contribution in [0.3, 0.4) is 0 Å². The second-order valence-corrected chi connectivity index (χ2v) is 7.08. The van der Waals surface area contributed by atoms with Gasteiger partial charge in [0.2, 0.25) is 0 Å². The van der Waals surface area contributed by atoms with Gasteiger partial charge < -0.3 is 5.32 Å². The first kappa shape index (κ1) is 13.9. The highest BCUT2D eigenvalue weighted by molar-refractivity contribution is 5.39. The van der Waals surface area contributed by atoms with Gasteiger partial charge in [-0.3, -0.25) is 9.36 Å². The summed E-state index contributed by atoms with van der Waals surface area (Å²) in [7, 11) is 2.02. The molecule has 0 aromatic carbocycles. The average Bonchev–Trinajstić information content (AvgIpc) is 3.40. The second kappa shape index (κ2) is 5.14. The van der Waals surface area contributed by atoms with E-state index in [1.54, 1.807) is 0 Å². The summed E-state index contributed by atoms with van der Waals surface area (Å²) in [5.74, 6) is 2.51. The Morgan fingerprint density at radius 3 is 2.32 bits per heavy atom. The van der Waals surface area contributed by atoms with E-state index in [1.807, 2.05) is 11.7 Å². The van der Waals surface area contributed by atoms with Crippen LogP contribution in [-0.2, 0) is 13.6 Å². The zero-order valence-corrected chi connectivity index (χ0v) is 13.7. The lowest BCUT2D eigenvalue weighted by atomic mass is 10.2. The predicted molar refractivity (Wildman–Crippen MR) is 87.1 cm³/mol. The maximum absolute atomic E-state index is 4.80. The van der Waals surface area contributed by atoms with Gasteiger partial charge in [0.15, 0.2) is 0 Å². The van der Waals surface area contributed by atoms with Gasteiger partial charge in [-0.25, -0.2) is 0 Å². The van der Waals surface area contributed by atoms with Gasteiger partial charge in [0.05, 0.1) is 23.6 Å². The molecule has 22 heavy (non-hydrogen) atoms. The van der Waals surface area contributed by atoms with E-state index in [-0.39, 0.29) is 0 Å². The molecule has 2 heterocycles. The first-order valence-corrected chi connectivity index (χ1v) is 8.48. The van der Waals surface area contributed by atoms with Gasteiger partial charge in [0.1, 0.15) is 5.82 Å². The molecule has 4 rings (SSSR count). The number of rotatable bonds is 6. The van der Waals surface area contributed by atoms with Crippen molar-refractivity contribution in [1.29, 1.82) is 0 Å². The zero-order valence-electron chi connectivity index (χ0n) is 13.7. The molecule has 5 nitrogen and oxygen atoms in total. The Kier molecular flexibility index (Phi) is 3.24. The van der Waals surface area contributed by atoms with Crippen LogP contribution in [0.25, 0.3) is 0 Å². The van der Waals surface area contributed by atoms with Crippen LogP contribution in [0, 0.1) is 0 Å². The summed E-state index contributed by atoms with van der Waals surface area (Å²) in [4.78, 5) is 0. The highest BCUT2D eigenvalue weighted by Crippen LogP contribution is 2.40. The molecule has 0 saturated heterocycles. The van der Waals surface area contributed by atoms with E-state index >= 15 is 0 Å². The summed E-state index contributed by atoms with van der Waals surface area (Å²) < 4.78 is 4.13. The van der Waals surface area contributed by atoms with E-state index < -0.39 is 0 Å². The summed E-state index contributed by atoms with van der Waals surface area (Å²) in [5, 5.41) is 13.0. The molecule has 2 aromatic rings. The van der Waals surface area contributed by atoms with Crippen LogP contribution in [0.2, 0.25) is 0 Å². The van der Waals surface area contributed by atoms with Crippen molar-refractivity contribution in [3.05, 3.63) is 29.2 Å². The minimum absolute atomic E-state index is 0.401. The van der Waals surface area contributed by atoms with E-state index in [4.69, 9.17) is 5.10 Å². The van der Waals surface area contributed by atoms with Crippen LogP contribution >= 0.6 is 0 Å². The third-order valence-electron chi connectivity index (χ3n) is 4.66. The second-order valence-electron chi connectivity index (χ2n) is 7.08. The third-order valence-corrected chi connectivity index (χ3v) is 4.66. The molecule has 0 spiro atoms. The summed E-state index contributed by atoms with van der Waals surface area (Å²) in [6.07, 6.45) is 5.19. The number of hydrogen-bond acceptors (Lipinski definition) is 3. The fourth-order valence-electron chi connectivity index (χ4n) is 3.03. The minimum atomic E-state index is 0.401. The molecule has 0 radical (unpaired) electrons. The van der Waals surface area contributed by atoms with Gasteiger partial charge in [-0.1, -0.05) is 0 Å². The van der Waals surface area contributed by atoms with Gasteiger partial charge in [0, 0.05) is 31.0 Å². The Labute approximate surface area is 131 Å². The van der Waals surface area contributed by atoms with Crippen molar-refractivity contribution in [1.82, 2.24) is 19.6 Å². The number of aromatic nitrogens is 4. The molecule has 0 bridgehead atoms. The van der Waals surface area contributed by atoms with Crippen LogP contribution in [0.5, 0.6) is 0 Å². The Bertz CT molecular complexity index is 673. The Morgan fingerprint density at radius 2 is 1.73 bits per heavy atom. The number of nitrogens with one attached hydrogen (secondary N) is 1. The van der Waals surface area contributed by atoms with E-state index in [2.05, 4.69) is 41.1 Å².